The zero-order chi connectivity index (χ0) is 25.9. The molecule has 0 bridgehead atoms. The maximum atomic E-state index is 12.8. The van der Waals surface area contributed by atoms with Gasteiger partial charge in [-0.25, -0.2) is 9.59 Å². The number of esters is 1. The van der Waals surface area contributed by atoms with E-state index in [9.17, 15) is 14.4 Å². The van der Waals surface area contributed by atoms with Gasteiger partial charge in [0.2, 0.25) is 5.75 Å². The van der Waals surface area contributed by atoms with E-state index in [1.807, 2.05) is 6.07 Å². The summed E-state index contributed by atoms with van der Waals surface area (Å²) in [4.78, 5) is 37.9. The molecular formula is C26H31NO8. The first-order valence-electron chi connectivity index (χ1n) is 11.1. The van der Waals surface area contributed by atoms with Gasteiger partial charge >= 0.3 is 12.1 Å². The van der Waals surface area contributed by atoms with Gasteiger partial charge in [-0.3, -0.25) is 4.79 Å². The van der Waals surface area contributed by atoms with Crippen LogP contribution in [0.25, 0.3) is 11.1 Å². The first kappa shape index (κ1) is 25.9. The number of ether oxygens (including phenoxy) is 5. The van der Waals surface area contributed by atoms with E-state index >= 15 is 0 Å². The summed E-state index contributed by atoms with van der Waals surface area (Å²) in [5.41, 5.74) is 1.33. The second-order valence-corrected chi connectivity index (χ2v) is 9.03. The van der Waals surface area contributed by atoms with Crippen LogP contribution in [0.5, 0.6) is 17.2 Å². The van der Waals surface area contributed by atoms with Crippen LogP contribution in [0.3, 0.4) is 0 Å². The lowest BCUT2D eigenvalue weighted by atomic mass is 9.95. The number of hydrogen-bond donors (Lipinski definition) is 1. The van der Waals surface area contributed by atoms with E-state index in [0.29, 0.717) is 46.8 Å². The molecule has 188 valence electrons. The number of carbonyl (C=O) groups excluding carboxylic acids is 2. The summed E-state index contributed by atoms with van der Waals surface area (Å²) in [7, 11) is 5.76. The topological polar surface area (TPSA) is 109 Å². The number of aryl methyl sites for hydroxylation is 1. The average molecular weight is 486 g/mol. The number of fused-ring (bicyclic) bond motifs is 3. The van der Waals surface area contributed by atoms with Gasteiger partial charge in [-0.05, 0) is 74.6 Å². The molecule has 0 saturated heterocycles. The molecule has 0 unspecified atom stereocenters. The van der Waals surface area contributed by atoms with Crippen molar-refractivity contribution in [1.82, 2.24) is 5.32 Å². The number of hydrogen-bond acceptors (Lipinski definition) is 8. The second-order valence-electron chi connectivity index (χ2n) is 9.03. The molecule has 1 aliphatic carbocycles. The monoisotopic (exact) mass is 485 g/mol. The van der Waals surface area contributed by atoms with E-state index in [-0.39, 0.29) is 5.56 Å². The highest BCUT2D eigenvalue weighted by Gasteiger charge is 2.31. The fourth-order valence-electron chi connectivity index (χ4n) is 4.19. The molecule has 0 aliphatic heterocycles. The average Bonchev–Trinajstić information content (AvgIpc) is 3.05. The van der Waals surface area contributed by atoms with E-state index in [4.69, 9.17) is 23.7 Å². The van der Waals surface area contributed by atoms with Crippen LogP contribution in [0.2, 0.25) is 0 Å². The van der Waals surface area contributed by atoms with Crippen molar-refractivity contribution in [2.45, 2.75) is 45.3 Å². The van der Waals surface area contributed by atoms with Crippen molar-refractivity contribution < 1.29 is 33.3 Å². The lowest BCUT2D eigenvalue weighted by Crippen LogP contribution is -2.35. The Balaban J connectivity index is 2.33. The summed E-state index contributed by atoms with van der Waals surface area (Å²) in [6, 6.07) is 5.66. The van der Waals surface area contributed by atoms with Crippen LogP contribution in [0.4, 0.5) is 4.79 Å². The van der Waals surface area contributed by atoms with Crippen LogP contribution in [0, 0.1) is 0 Å². The molecule has 0 radical (unpaired) electrons. The predicted octanol–water partition coefficient (Wildman–Crippen LogP) is 4.04. The first-order valence-corrected chi connectivity index (χ1v) is 11.1. The van der Waals surface area contributed by atoms with E-state index in [0.717, 1.165) is 5.56 Å². The largest absolute Gasteiger partial charge is 0.493 e. The van der Waals surface area contributed by atoms with Gasteiger partial charge in [0, 0.05) is 5.56 Å². The number of benzene rings is 1. The minimum atomic E-state index is -0.770. The van der Waals surface area contributed by atoms with Gasteiger partial charge in [0.25, 0.3) is 0 Å². The van der Waals surface area contributed by atoms with E-state index in [2.05, 4.69) is 5.32 Å². The van der Waals surface area contributed by atoms with Gasteiger partial charge in [0.05, 0.1) is 34.5 Å². The molecule has 9 nitrogen and oxygen atoms in total. The third kappa shape index (κ3) is 5.34. The lowest BCUT2D eigenvalue weighted by molar-refractivity contribution is 0.0501. The molecule has 1 atom stereocenters. The van der Waals surface area contributed by atoms with Crippen molar-refractivity contribution >= 4 is 12.1 Å². The molecule has 2 aromatic rings. The Hall–Kier alpha value is -3.75. The Labute approximate surface area is 204 Å². The second kappa shape index (κ2) is 10.2. The van der Waals surface area contributed by atoms with Crippen molar-refractivity contribution in [1.29, 1.82) is 0 Å². The van der Waals surface area contributed by atoms with Crippen molar-refractivity contribution in [3.8, 4) is 28.4 Å². The fourth-order valence-corrected chi connectivity index (χ4v) is 4.19. The third-order valence-corrected chi connectivity index (χ3v) is 5.63. The quantitative estimate of drug-likeness (QED) is 0.632. The number of nitrogens with one attached hydrogen (secondary N) is 1. The maximum Gasteiger partial charge on any atom is 0.408 e. The standard InChI is InChI=1S/C26H31NO8/c1-26(2,3)35-25(30)27-18-10-8-14-12-20(31-4)22(32-5)23(33-6)21(14)15-9-11-19(28)17(13-16(15)18)24(29)34-7/h9,11-13,18H,8,10H2,1-7H3,(H,27,30)/t18-/m0/s1. The molecule has 0 aromatic heterocycles. The zero-order valence-corrected chi connectivity index (χ0v) is 21.1. The molecule has 0 heterocycles. The molecule has 0 spiro atoms. The normalized spacial score (nSPS) is 14.5. The summed E-state index contributed by atoms with van der Waals surface area (Å²) >= 11 is 0. The molecule has 0 saturated carbocycles. The smallest absolute Gasteiger partial charge is 0.408 e. The Morgan fingerprint density at radius 1 is 0.971 bits per heavy atom. The maximum absolute atomic E-state index is 12.8. The van der Waals surface area contributed by atoms with E-state index < -0.39 is 29.1 Å². The van der Waals surface area contributed by atoms with Gasteiger partial charge in [0.15, 0.2) is 16.9 Å². The molecule has 1 amide bonds. The van der Waals surface area contributed by atoms with Gasteiger partial charge < -0.3 is 29.0 Å². The third-order valence-electron chi connectivity index (χ3n) is 5.63. The first-order chi connectivity index (χ1) is 16.5. The number of amides is 1. The molecule has 9 heteroatoms. The van der Waals surface area contributed by atoms with Crippen LogP contribution in [-0.2, 0) is 15.9 Å². The number of alkyl carbamates (subject to hydrolysis) is 1. The van der Waals surface area contributed by atoms with Crippen LogP contribution in [0.15, 0.2) is 29.1 Å². The summed E-state index contributed by atoms with van der Waals surface area (Å²) in [5, 5.41) is 2.90. The van der Waals surface area contributed by atoms with Crippen LogP contribution < -0.4 is 25.0 Å². The van der Waals surface area contributed by atoms with Gasteiger partial charge in [-0.15, -0.1) is 0 Å². The number of methoxy groups -OCH3 is 4. The lowest BCUT2D eigenvalue weighted by Gasteiger charge is -2.24. The Kier molecular flexibility index (Phi) is 7.57. The predicted molar refractivity (Wildman–Crippen MR) is 130 cm³/mol. The van der Waals surface area contributed by atoms with Crippen molar-refractivity contribution in [3.63, 3.8) is 0 Å². The van der Waals surface area contributed by atoms with Crippen molar-refractivity contribution in [2.75, 3.05) is 28.4 Å². The Bertz CT molecular complexity index is 1200. The van der Waals surface area contributed by atoms with Crippen LogP contribution in [-0.4, -0.2) is 46.1 Å². The van der Waals surface area contributed by atoms with Gasteiger partial charge in [0.1, 0.15) is 11.2 Å². The molecule has 2 aromatic carbocycles. The van der Waals surface area contributed by atoms with Gasteiger partial charge in [-0.2, -0.15) is 0 Å². The summed E-state index contributed by atoms with van der Waals surface area (Å²) < 4.78 is 27.1. The summed E-state index contributed by atoms with van der Waals surface area (Å²) in [5.74, 6) is 0.524. The summed E-state index contributed by atoms with van der Waals surface area (Å²) in [6.45, 7) is 5.31. The zero-order valence-electron chi connectivity index (χ0n) is 21.1. The van der Waals surface area contributed by atoms with E-state index in [1.54, 1.807) is 26.8 Å². The number of rotatable bonds is 5. The van der Waals surface area contributed by atoms with E-state index in [1.165, 1.54) is 40.6 Å². The highest BCUT2D eigenvalue weighted by molar-refractivity contribution is 5.91. The minimum absolute atomic E-state index is 0.146. The van der Waals surface area contributed by atoms with Gasteiger partial charge in [-0.1, -0.05) is 0 Å². The molecule has 1 aliphatic rings. The summed E-state index contributed by atoms with van der Waals surface area (Å²) in [6.07, 6.45) is 0.370. The van der Waals surface area contributed by atoms with Crippen molar-refractivity contribution in [3.05, 3.63) is 51.2 Å². The molecule has 3 rings (SSSR count). The number of carbonyl (C=O) groups is 2. The Morgan fingerprint density at radius 3 is 2.23 bits per heavy atom. The van der Waals surface area contributed by atoms with Crippen LogP contribution >= 0.6 is 0 Å². The minimum Gasteiger partial charge on any atom is -0.493 e. The van der Waals surface area contributed by atoms with Crippen molar-refractivity contribution in [2.24, 2.45) is 0 Å². The molecule has 0 fully saturated rings. The highest BCUT2D eigenvalue weighted by atomic mass is 16.6. The van der Waals surface area contributed by atoms with Crippen LogP contribution in [0.1, 0.15) is 54.7 Å². The SMILES string of the molecule is COC(=O)c1cc2c(ccc1=O)-c1c(cc(OC)c(OC)c1OC)CC[C@@H]2NC(=O)OC(C)(C)C. The molecular weight excluding hydrogens is 454 g/mol. The Morgan fingerprint density at radius 2 is 1.66 bits per heavy atom. The fraction of sp³-hybridized carbons (Fsp3) is 0.423. The highest BCUT2D eigenvalue weighted by Crippen LogP contribution is 2.50. The molecule has 1 N–H and O–H groups in total. The molecule has 35 heavy (non-hydrogen) atoms.